The van der Waals surface area contributed by atoms with E-state index >= 15 is 0 Å². The van der Waals surface area contributed by atoms with E-state index in [0.717, 1.165) is 48.5 Å². The summed E-state index contributed by atoms with van der Waals surface area (Å²) in [6.45, 7) is -2.14. The van der Waals surface area contributed by atoms with Crippen molar-refractivity contribution in [1.82, 2.24) is 0 Å². The second kappa shape index (κ2) is 19.6. The Morgan fingerprint density at radius 3 is 1.74 bits per heavy atom. The van der Waals surface area contributed by atoms with E-state index in [0.29, 0.717) is 17.1 Å². The van der Waals surface area contributed by atoms with Crippen molar-refractivity contribution < 1.29 is 91.4 Å². The highest BCUT2D eigenvalue weighted by atomic mass is 32.2. The minimum absolute atomic E-state index is 0.102. The van der Waals surface area contributed by atoms with E-state index in [4.69, 9.17) is 15.2 Å². The number of hydrogen-bond acceptors (Lipinski definition) is 23. The van der Waals surface area contributed by atoms with E-state index in [9.17, 15) is 81.9 Å². The maximum atomic E-state index is 13.2. The lowest BCUT2D eigenvalue weighted by Crippen LogP contribution is -2.33. The first-order valence-corrected chi connectivity index (χ1v) is 24.3. The van der Waals surface area contributed by atoms with Crippen molar-refractivity contribution in [2.24, 2.45) is 35.8 Å². The van der Waals surface area contributed by atoms with E-state index < -0.39 is 139 Å². The predicted molar refractivity (Wildman–Crippen MR) is 233 cm³/mol. The van der Waals surface area contributed by atoms with Gasteiger partial charge in [0.1, 0.15) is 62.1 Å². The van der Waals surface area contributed by atoms with Gasteiger partial charge in [-0.15, -0.1) is 20.5 Å². The summed E-state index contributed by atoms with van der Waals surface area (Å²) in [6, 6.07) is 9.37. The van der Waals surface area contributed by atoms with Crippen molar-refractivity contribution in [2.75, 3.05) is 37.2 Å². The molecule has 0 bridgehead atoms. The molecule has 10 N–H and O–H groups in total. The highest BCUT2D eigenvalue weighted by molar-refractivity contribution is 7.87. The third-order valence-electron chi connectivity index (χ3n) is 9.02. The van der Waals surface area contributed by atoms with Crippen LogP contribution < -0.4 is 20.2 Å². The van der Waals surface area contributed by atoms with Crippen LogP contribution in [-0.2, 0) is 50.1 Å². The van der Waals surface area contributed by atoms with E-state index in [-0.39, 0.29) is 39.3 Å². The summed E-state index contributed by atoms with van der Waals surface area (Å²) in [5.74, 6) is -4.35. The zero-order valence-electron chi connectivity index (χ0n) is 34.1. The number of carbonyl (C=O) groups is 2. The molecular weight excluding hydrogens is 1010 g/mol. The second-order valence-electron chi connectivity index (χ2n) is 13.6. The topological polar surface area (TPSA) is 467 Å². The number of phenols is 1. The SMILES string of the molecule is Nc1cc(S(=O)(=O)O)c(N=Nc2cc(OCCO)c(N=Nc3c(S(=O)(=O)O)cc4cc(N=NC5C(=O)N(c6ccc(S(=O)(=O)O)cc6)N=C5C(=O)O)ccc4c3O)cc2OCCO)cc1S(=O)(=O)O. The van der Waals surface area contributed by atoms with Crippen molar-refractivity contribution in [2.45, 2.75) is 25.6 Å². The molecule has 1 unspecified atom stereocenters. The normalized spacial score (nSPS) is 14.9. The van der Waals surface area contributed by atoms with Crippen LogP contribution >= 0.6 is 0 Å². The van der Waals surface area contributed by atoms with Crippen LogP contribution in [0.15, 0.2) is 128 Å². The fourth-order valence-electron chi connectivity index (χ4n) is 5.99. The molecule has 0 aromatic heterocycles. The summed E-state index contributed by atoms with van der Waals surface area (Å²) < 4.78 is 146. The fourth-order valence-corrected chi connectivity index (χ4v) is 8.39. The number of carbonyl (C=O) groups excluding carboxylic acids is 1. The number of aliphatic hydroxyl groups is 2. The minimum atomic E-state index is -5.28. The number of aromatic hydroxyl groups is 1. The Kier molecular flexibility index (Phi) is 14.5. The third-order valence-corrected chi connectivity index (χ3v) is 12.5. The number of amides is 1. The van der Waals surface area contributed by atoms with Crippen LogP contribution in [0, 0.1) is 0 Å². The van der Waals surface area contributed by atoms with Gasteiger partial charge in [0.05, 0.1) is 35.2 Å². The highest BCUT2D eigenvalue weighted by Crippen LogP contribution is 2.46. The van der Waals surface area contributed by atoms with Gasteiger partial charge in [-0.25, -0.2) is 4.79 Å². The molecule has 1 heterocycles. The molecular formula is C36H31N9O20S4. The maximum Gasteiger partial charge on any atom is 0.355 e. The van der Waals surface area contributed by atoms with Crippen LogP contribution in [0.25, 0.3) is 10.8 Å². The van der Waals surface area contributed by atoms with Gasteiger partial charge < -0.3 is 35.6 Å². The Labute approximate surface area is 387 Å². The Balaban J connectivity index is 1.39. The summed E-state index contributed by atoms with van der Waals surface area (Å²) in [5, 5.41) is 67.1. The molecule has 6 rings (SSSR count). The van der Waals surface area contributed by atoms with Crippen LogP contribution in [0.3, 0.4) is 0 Å². The van der Waals surface area contributed by atoms with Crippen LogP contribution in [0.4, 0.5) is 39.8 Å². The largest absolute Gasteiger partial charge is 0.505 e. The van der Waals surface area contributed by atoms with Crippen LogP contribution in [-0.4, -0.2) is 122 Å². The third kappa shape index (κ3) is 11.5. The quantitative estimate of drug-likeness (QED) is 0.0344. The van der Waals surface area contributed by atoms with Gasteiger partial charge in [-0.05, 0) is 66.0 Å². The lowest BCUT2D eigenvalue weighted by Gasteiger charge is -2.13. The first kappa shape index (κ1) is 50.9. The number of fused-ring (bicyclic) bond motifs is 1. The number of nitrogens with two attached hydrogens (primary N) is 1. The number of carboxylic acid groups (broad SMARTS) is 1. The Morgan fingerprint density at radius 1 is 0.667 bits per heavy atom. The molecule has 0 saturated carbocycles. The maximum absolute atomic E-state index is 13.2. The molecule has 1 aliphatic heterocycles. The van der Waals surface area contributed by atoms with Gasteiger partial charge in [0.2, 0.25) is 6.04 Å². The molecule has 0 aliphatic carbocycles. The average molecular weight is 1040 g/mol. The van der Waals surface area contributed by atoms with Crippen molar-refractivity contribution in [1.29, 1.82) is 0 Å². The number of ether oxygens (including phenoxy) is 2. The number of benzene rings is 5. The van der Waals surface area contributed by atoms with Crippen LogP contribution in [0.1, 0.15) is 0 Å². The molecule has 33 heteroatoms. The number of anilines is 2. The van der Waals surface area contributed by atoms with Gasteiger partial charge in [0.25, 0.3) is 46.4 Å². The molecule has 1 amide bonds. The van der Waals surface area contributed by atoms with Gasteiger partial charge in [0.15, 0.2) is 11.5 Å². The molecule has 0 radical (unpaired) electrons. The molecule has 1 aliphatic rings. The summed E-state index contributed by atoms with van der Waals surface area (Å²) in [4.78, 5) is 21.6. The Bertz CT molecular complexity index is 3520. The van der Waals surface area contributed by atoms with Crippen LogP contribution in [0.2, 0.25) is 0 Å². The first-order valence-electron chi connectivity index (χ1n) is 18.5. The van der Waals surface area contributed by atoms with E-state index in [1.54, 1.807) is 0 Å². The van der Waals surface area contributed by atoms with E-state index in [1.807, 2.05) is 0 Å². The van der Waals surface area contributed by atoms with Crippen molar-refractivity contribution in [3.63, 3.8) is 0 Å². The second-order valence-corrected chi connectivity index (χ2v) is 19.2. The molecule has 364 valence electrons. The summed E-state index contributed by atoms with van der Waals surface area (Å²) in [6.07, 6.45) is 0. The number of aliphatic hydroxyl groups excluding tert-OH is 2. The average Bonchev–Trinajstić information content (AvgIpc) is 3.60. The van der Waals surface area contributed by atoms with Crippen molar-refractivity contribution in [3.8, 4) is 17.2 Å². The molecule has 0 saturated heterocycles. The summed E-state index contributed by atoms with van der Waals surface area (Å²) in [7, 11) is -20.1. The zero-order chi connectivity index (χ0) is 50.8. The lowest BCUT2D eigenvalue weighted by molar-refractivity contribution is -0.130. The zero-order valence-corrected chi connectivity index (χ0v) is 37.4. The van der Waals surface area contributed by atoms with E-state index in [2.05, 4.69) is 35.8 Å². The standard InChI is InChI=1S/C36H31N9O20S4/c37-22-13-29(68(58,59)60)25(16-28(22)67(55,56)57)41-39-23-14-27(65-10-8-47)24(15-26(23)64-9-7-46)40-42-31-30(69(61,62)63)12-17-11-18(1-6-21(17)34(31)48)38-43-32-33(36(50)51)44-45(35(32)49)19-2-4-20(5-3-19)66(52,53)54/h1-6,11-16,32,46-48H,7-10,37H2,(H,50,51)(H,52,53,54)(H,55,56,57)(H,58,59,60)(H,61,62,63). The molecule has 0 fully saturated rings. The monoisotopic (exact) mass is 1040 g/mol. The number of phenolic OH excluding ortho intramolecular Hbond substituents is 1. The number of hydrogen-bond donors (Lipinski definition) is 9. The van der Waals surface area contributed by atoms with Gasteiger partial charge in [-0.2, -0.15) is 54.0 Å². The number of aliphatic carboxylic acids is 1. The molecule has 1 atom stereocenters. The summed E-state index contributed by atoms with van der Waals surface area (Å²) in [5.41, 5.74) is 1.20. The highest BCUT2D eigenvalue weighted by Gasteiger charge is 2.41. The van der Waals surface area contributed by atoms with Gasteiger partial charge in [-0.3, -0.25) is 23.0 Å². The Morgan fingerprint density at radius 2 is 1.22 bits per heavy atom. The van der Waals surface area contributed by atoms with Crippen molar-refractivity contribution >= 4 is 109 Å². The molecule has 5 aromatic rings. The summed E-state index contributed by atoms with van der Waals surface area (Å²) >= 11 is 0. The number of nitrogen functional groups attached to an aromatic ring is 1. The number of nitrogens with zero attached hydrogens (tertiary/aromatic N) is 8. The minimum Gasteiger partial charge on any atom is -0.505 e. The Hall–Kier alpha value is -7.47. The predicted octanol–water partition coefficient (Wildman–Crippen LogP) is 3.63. The van der Waals surface area contributed by atoms with Gasteiger partial charge in [0, 0.05) is 17.5 Å². The van der Waals surface area contributed by atoms with E-state index in [1.165, 1.54) is 12.1 Å². The lowest BCUT2D eigenvalue weighted by atomic mass is 10.1. The number of rotatable bonds is 18. The van der Waals surface area contributed by atoms with Gasteiger partial charge in [-0.1, -0.05) is 0 Å². The molecule has 0 spiro atoms. The number of hydrazone groups is 1. The van der Waals surface area contributed by atoms with Crippen LogP contribution in [0.5, 0.6) is 17.2 Å². The number of azo groups is 3. The molecule has 29 nitrogen and oxygen atoms in total. The van der Waals surface area contributed by atoms with Gasteiger partial charge >= 0.3 is 5.97 Å². The molecule has 5 aromatic carbocycles. The molecule has 69 heavy (non-hydrogen) atoms. The van der Waals surface area contributed by atoms with Crippen molar-refractivity contribution in [3.05, 3.63) is 72.8 Å². The number of carboxylic acids is 1. The fraction of sp³-hybridized carbons (Fsp3) is 0.139. The smallest absolute Gasteiger partial charge is 0.355 e. The first-order chi connectivity index (χ1) is 32.2.